The fourth-order valence-corrected chi connectivity index (χ4v) is 2.89. The van der Waals surface area contributed by atoms with Crippen LogP contribution in [0.1, 0.15) is 18.2 Å². The van der Waals surface area contributed by atoms with Gasteiger partial charge in [0.1, 0.15) is 0 Å². The van der Waals surface area contributed by atoms with Gasteiger partial charge in [-0.05, 0) is 13.0 Å². The highest BCUT2D eigenvalue weighted by Gasteiger charge is 2.37. The molecule has 23 heavy (non-hydrogen) atoms. The number of nitrogens with one attached hydrogen (secondary N) is 1. The molecule has 1 amide bonds. The van der Waals surface area contributed by atoms with Crippen LogP contribution in [-0.2, 0) is 21.2 Å². The highest BCUT2D eigenvalue weighted by Crippen LogP contribution is 2.32. The van der Waals surface area contributed by atoms with E-state index in [4.69, 9.17) is 0 Å². The summed E-state index contributed by atoms with van der Waals surface area (Å²) in [5, 5.41) is 3.09. The maximum atomic E-state index is 12.9. The van der Waals surface area contributed by atoms with Crippen molar-refractivity contribution in [2.24, 2.45) is 0 Å². The van der Waals surface area contributed by atoms with Gasteiger partial charge in [-0.3, -0.25) is 4.79 Å². The lowest BCUT2D eigenvalue weighted by atomic mass is 10.1. The van der Waals surface area contributed by atoms with Gasteiger partial charge in [0, 0.05) is 12.5 Å². The van der Waals surface area contributed by atoms with Crippen molar-refractivity contribution in [2.75, 3.05) is 0 Å². The minimum absolute atomic E-state index is 0.169. The molecule has 0 aliphatic carbocycles. The average molecular weight is 347 g/mol. The fraction of sp³-hybridized carbons (Fsp3) is 0.231. The third kappa shape index (κ3) is 3.70. The minimum atomic E-state index is -4.82. The topological polar surface area (TPSA) is 81.1 Å². The molecule has 10 heteroatoms. The van der Waals surface area contributed by atoms with Gasteiger partial charge in [-0.25, -0.2) is 4.72 Å². The third-order valence-electron chi connectivity index (χ3n) is 2.82. The molecule has 1 aromatic carbocycles. The molecule has 0 atom stereocenters. The van der Waals surface area contributed by atoms with Gasteiger partial charge < -0.3 is 0 Å². The zero-order valence-electron chi connectivity index (χ0n) is 12.0. The van der Waals surface area contributed by atoms with Gasteiger partial charge in [0.15, 0.2) is 5.69 Å². The first kappa shape index (κ1) is 17.0. The van der Waals surface area contributed by atoms with E-state index in [1.807, 2.05) is 0 Å². The molecule has 1 heterocycles. The Hall–Kier alpha value is -2.36. The number of alkyl halides is 3. The number of nitrogens with zero attached hydrogens (tertiary/aromatic N) is 2. The molecule has 0 spiro atoms. The Bertz CT molecular complexity index is 840. The number of carbonyl (C=O) groups excluding carboxylic acids is 1. The zero-order chi connectivity index (χ0) is 17.4. The van der Waals surface area contributed by atoms with E-state index >= 15 is 0 Å². The summed E-state index contributed by atoms with van der Waals surface area (Å²) in [4.78, 5) is 11.0. The van der Waals surface area contributed by atoms with Crippen LogP contribution < -0.4 is 4.72 Å². The Balaban J connectivity index is 2.67. The minimum Gasteiger partial charge on any atom is -0.274 e. The van der Waals surface area contributed by atoms with E-state index in [9.17, 15) is 26.4 Å². The molecule has 0 saturated heterocycles. The smallest absolute Gasteiger partial charge is 0.274 e. The number of amides is 1. The van der Waals surface area contributed by atoms with E-state index in [-0.39, 0.29) is 15.3 Å². The normalized spacial score (nSPS) is 12.2. The number of hydrogen-bond donors (Lipinski definition) is 1. The molecule has 2 rings (SSSR count). The number of carbonyl (C=O) groups is 1. The standard InChI is InChI=1S/C13H12F3N3O3S/c1-8-3-5-10(6-4-8)11-7-12(13(14,15)16)17-19(11)23(21,22)18-9(2)20/h3-7H,1-2H3,(H,18,20). The van der Waals surface area contributed by atoms with E-state index in [0.717, 1.165) is 12.5 Å². The summed E-state index contributed by atoms with van der Waals surface area (Å²) in [6.45, 7) is 2.70. The Labute approximate surface area is 130 Å². The van der Waals surface area contributed by atoms with Crippen molar-refractivity contribution in [3.8, 4) is 11.3 Å². The Morgan fingerprint density at radius 2 is 1.78 bits per heavy atom. The highest BCUT2D eigenvalue weighted by atomic mass is 32.2. The molecule has 6 nitrogen and oxygen atoms in total. The Morgan fingerprint density at radius 3 is 2.26 bits per heavy atom. The molecule has 124 valence electrons. The van der Waals surface area contributed by atoms with E-state index in [2.05, 4.69) is 5.10 Å². The van der Waals surface area contributed by atoms with Crippen LogP contribution in [0.4, 0.5) is 13.2 Å². The van der Waals surface area contributed by atoms with Crippen molar-refractivity contribution in [1.29, 1.82) is 0 Å². The second kappa shape index (κ2) is 5.69. The summed E-state index contributed by atoms with van der Waals surface area (Å²) in [6, 6.07) is 6.78. The number of halogens is 3. The largest absolute Gasteiger partial charge is 0.435 e. The molecule has 0 bridgehead atoms. The van der Waals surface area contributed by atoms with Crippen LogP contribution in [-0.4, -0.2) is 23.5 Å². The SMILES string of the molecule is CC(=O)NS(=O)(=O)n1nc(C(F)(F)F)cc1-c1ccc(C)cc1. The van der Waals surface area contributed by atoms with Crippen molar-refractivity contribution in [3.63, 3.8) is 0 Å². The predicted octanol–water partition coefficient (Wildman–Crippen LogP) is 2.11. The molecule has 0 radical (unpaired) electrons. The van der Waals surface area contributed by atoms with Crippen LogP contribution >= 0.6 is 0 Å². The zero-order valence-corrected chi connectivity index (χ0v) is 12.9. The van der Waals surface area contributed by atoms with Crippen LogP contribution in [0.3, 0.4) is 0 Å². The molecule has 0 fully saturated rings. The quantitative estimate of drug-likeness (QED) is 0.922. The van der Waals surface area contributed by atoms with Crippen molar-refractivity contribution >= 4 is 16.1 Å². The van der Waals surface area contributed by atoms with Gasteiger partial charge in [-0.15, -0.1) is 4.09 Å². The molecule has 0 aliphatic rings. The number of aromatic nitrogens is 2. The van der Waals surface area contributed by atoms with Crippen LogP contribution in [0.25, 0.3) is 11.3 Å². The van der Waals surface area contributed by atoms with Crippen LogP contribution in [0.2, 0.25) is 0 Å². The molecular weight excluding hydrogens is 335 g/mol. The summed E-state index contributed by atoms with van der Waals surface area (Å²) in [5.74, 6) is -0.941. The van der Waals surface area contributed by atoms with E-state index in [1.54, 1.807) is 23.8 Å². The van der Waals surface area contributed by atoms with Gasteiger partial charge >= 0.3 is 16.4 Å². The van der Waals surface area contributed by atoms with E-state index < -0.39 is 28.0 Å². The van der Waals surface area contributed by atoms with Gasteiger partial charge in [0.25, 0.3) is 0 Å². The second-order valence-corrected chi connectivity index (χ2v) is 6.28. The van der Waals surface area contributed by atoms with Crippen molar-refractivity contribution in [3.05, 3.63) is 41.6 Å². The lowest BCUT2D eigenvalue weighted by Gasteiger charge is -2.09. The molecule has 1 aromatic heterocycles. The van der Waals surface area contributed by atoms with Gasteiger partial charge in [-0.1, -0.05) is 29.8 Å². The van der Waals surface area contributed by atoms with Crippen molar-refractivity contribution in [1.82, 2.24) is 13.9 Å². The van der Waals surface area contributed by atoms with Gasteiger partial charge in [0.05, 0.1) is 5.69 Å². The monoisotopic (exact) mass is 347 g/mol. The van der Waals surface area contributed by atoms with Crippen LogP contribution in [0.15, 0.2) is 30.3 Å². The summed E-state index contributed by atoms with van der Waals surface area (Å²) in [6.07, 6.45) is -4.82. The first-order chi connectivity index (χ1) is 10.5. The highest BCUT2D eigenvalue weighted by molar-refractivity contribution is 7.88. The summed E-state index contributed by atoms with van der Waals surface area (Å²) >= 11 is 0. The van der Waals surface area contributed by atoms with Gasteiger partial charge in [-0.2, -0.15) is 26.7 Å². The van der Waals surface area contributed by atoms with Crippen molar-refractivity contribution < 1.29 is 26.4 Å². The number of benzene rings is 1. The number of aryl methyl sites for hydroxylation is 1. The molecule has 0 aliphatic heterocycles. The lowest BCUT2D eigenvalue weighted by Crippen LogP contribution is -2.34. The van der Waals surface area contributed by atoms with E-state index in [0.29, 0.717) is 6.07 Å². The first-order valence-electron chi connectivity index (χ1n) is 6.29. The predicted molar refractivity (Wildman–Crippen MR) is 75.5 cm³/mol. The summed E-state index contributed by atoms with van der Waals surface area (Å²) in [7, 11) is -4.58. The molecule has 0 saturated carbocycles. The van der Waals surface area contributed by atoms with Crippen LogP contribution in [0, 0.1) is 6.92 Å². The first-order valence-corrected chi connectivity index (χ1v) is 7.73. The summed E-state index contributed by atoms with van der Waals surface area (Å²) < 4.78 is 64.4. The van der Waals surface area contributed by atoms with Gasteiger partial charge in [0.2, 0.25) is 5.91 Å². The molecular formula is C13H12F3N3O3S. The van der Waals surface area contributed by atoms with Crippen molar-refractivity contribution in [2.45, 2.75) is 20.0 Å². The Kier molecular flexibility index (Phi) is 4.20. The number of hydrogen-bond acceptors (Lipinski definition) is 4. The maximum absolute atomic E-state index is 12.9. The molecule has 2 aromatic rings. The van der Waals surface area contributed by atoms with Crippen LogP contribution in [0.5, 0.6) is 0 Å². The fourth-order valence-electron chi connectivity index (χ4n) is 1.83. The molecule has 1 N–H and O–H groups in total. The maximum Gasteiger partial charge on any atom is 0.435 e. The average Bonchev–Trinajstić information content (AvgIpc) is 2.83. The second-order valence-electron chi connectivity index (χ2n) is 4.78. The molecule has 0 unspecified atom stereocenters. The number of rotatable bonds is 3. The lowest BCUT2D eigenvalue weighted by molar-refractivity contribution is -0.141. The van der Waals surface area contributed by atoms with E-state index in [1.165, 1.54) is 12.1 Å². The summed E-state index contributed by atoms with van der Waals surface area (Å²) in [5.41, 5.74) is -0.610. The third-order valence-corrected chi connectivity index (χ3v) is 4.10. The Morgan fingerprint density at radius 1 is 1.22 bits per heavy atom.